The molecule has 2 aromatic carbocycles. The molecule has 1 aliphatic heterocycles. The molecule has 29 heavy (non-hydrogen) atoms. The summed E-state index contributed by atoms with van der Waals surface area (Å²) in [6.45, 7) is -0.484. The third kappa shape index (κ3) is 4.46. The Balaban J connectivity index is 1.84. The van der Waals surface area contributed by atoms with Crippen LogP contribution in [0.25, 0.3) is 6.08 Å². The van der Waals surface area contributed by atoms with Crippen LogP contribution >= 0.6 is 12.2 Å². The van der Waals surface area contributed by atoms with E-state index in [2.05, 4.69) is 5.32 Å². The molecule has 1 fully saturated rings. The zero-order valence-corrected chi connectivity index (χ0v) is 16.5. The highest BCUT2D eigenvalue weighted by Gasteiger charge is 2.32. The highest BCUT2D eigenvalue weighted by molar-refractivity contribution is 7.80. The first-order valence-corrected chi connectivity index (χ1v) is 8.87. The molecule has 2 N–H and O–H groups in total. The van der Waals surface area contributed by atoms with Gasteiger partial charge in [-0.2, -0.15) is 0 Å². The van der Waals surface area contributed by atoms with Gasteiger partial charge in [-0.25, -0.2) is 4.79 Å². The van der Waals surface area contributed by atoms with Gasteiger partial charge in [0.25, 0.3) is 5.91 Å². The van der Waals surface area contributed by atoms with E-state index in [4.69, 9.17) is 31.5 Å². The first-order chi connectivity index (χ1) is 13.9. The van der Waals surface area contributed by atoms with Crippen molar-refractivity contribution in [2.75, 3.05) is 25.7 Å². The summed E-state index contributed by atoms with van der Waals surface area (Å²) >= 11 is 5.30. The smallest absolute Gasteiger partial charge is 0.341 e. The number of rotatable bonds is 7. The minimum atomic E-state index is -1.09. The second kappa shape index (κ2) is 8.61. The molecule has 0 unspecified atom stereocenters. The quantitative estimate of drug-likeness (QED) is 0.527. The van der Waals surface area contributed by atoms with Crippen LogP contribution < -0.4 is 24.4 Å². The summed E-state index contributed by atoms with van der Waals surface area (Å²) in [6.07, 6.45) is 1.63. The largest absolute Gasteiger partial charge is 0.497 e. The van der Waals surface area contributed by atoms with Gasteiger partial charge < -0.3 is 24.6 Å². The molecule has 1 heterocycles. The van der Waals surface area contributed by atoms with Gasteiger partial charge in [-0.05, 0) is 60.3 Å². The molecule has 2 aromatic rings. The Morgan fingerprint density at radius 2 is 1.86 bits per heavy atom. The third-order valence-corrected chi connectivity index (χ3v) is 4.34. The summed E-state index contributed by atoms with van der Waals surface area (Å²) in [4.78, 5) is 24.9. The minimum absolute atomic E-state index is 0.264. The number of ether oxygens (including phenoxy) is 3. The van der Waals surface area contributed by atoms with Gasteiger partial charge in [-0.3, -0.25) is 9.69 Å². The average molecular weight is 414 g/mol. The summed E-state index contributed by atoms with van der Waals surface area (Å²) in [5.41, 5.74) is 1.57. The molecule has 9 heteroatoms. The Morgan fingerprint density at radius 1 is 1.14 bits per heavy atom. The van der Waals surface area contributed by atoms with Crippen molar-refractivity contribution in [3.63, 3.8) is 0 Å². The van der Waals surface area contributed by atoms with Crippen molar-refractivity contribution in [2.45, 2.75) is 0 Å². The molecule has 0 atom stereocenters. The summed E-state index contributed by atoms with van der Waals surface area (Å²) in [5, 5.41) is 11.9. The number of hydrogen-bond donors (Lipinski definition) is 2. The number of thiocarbonyl (C=S) groups is 1. The molecule has 0 aliphatic carbocycles. The number of aliphatic carboxylic acids is 1. The molecule has 0 aromatic heterocycles. The first-order valence-electron chi connectivity index (χ1n) is 8.46. The van der Waals surface area contributed by atoms with E-state index >= 15 is 0 Å². The first kappa shape index (κ1) is 20.2. The predicted molar refractivity (Wildman–Crippen MR) is 110 cm³/mol. The van der Waals surface area contributed by atoms with Crippen molar-refractivity contribution in [3.05, 3.63) is 53.7 Å². The molecule has 1 amide bonds. The van der Waals surface area contributed by atoms with E-state index in [1.54, 1.807) is 55.7 Å². The van der Waals surface area contributed by atoms with Crippen molar-refractivity contribution >= 4 is 41.0 Å². The van der Waals surface area contributed by atoms with Crippen LogP contribution in [-0.2, 0) is 9.59 Å². The lowest BCUT2D eigenvalue weighted by molar-refractivity contribution is -0.139. The van der Waals surface area contributed by atoms with Crippen LogP contribution in [0.5, 0.6) is 17.2 Å². The molecule has 0 spiro atoms. The second-order valence-corrected chi connectivity index (χ2v) is 6.31. The molecule has 1 saturated heterocycles. The SMILES string of the molecule is COc1ccc(N2C(=O)/C(=C\c3ccc(OCC(=O)O)c(OC)c3)NC2=S)cc1. The van der Waals surface area contributed by atoms with E-state index in [9.17, 15) is 9.59 Å². The fourth-order valence-corrected chi connectivity index (χ4v) is 3.00. The lowest BCUT2D eigenvalue weighted by atomic mass is 10.1. The lowest BCUT2D eigenvalue weighted by Crippen LogP contribution is -2.30. The van der Waals surface area contributed by atoms with Gasteiger partial charge in [0.05, 0.1) is 19.9 Å². The second-order valence-electron chi connectivity index (χ2n) is 5.92. The number of nitrogens with one attached hydrogen (secondary N) is 1. The maximum atomic E-state index is 12.8. The maximum Gasteiger partial charge on any atom is 0.341 e. The van der Waals surface area contributed by atoms with Gasteiger partial charge in [0.1, 0.15) is 11.4 Å². The van der Waals surface area contributed by atoms with Crippen LogP contribution in [0.15, 0.2) is 48.2 Å². The molecule has 0 radical (unpaired) electrons. The number of carbonyl (C=O) groups is 2. The number of anilines is 1. The molecular formula is C20H18N2O6S. The Kier molecular flexibility index (Phi) is 5.99. The van der Waals surface area contributed by atoms with E-state index < -0.39 is 12.6 Å². The van der Waals surface area contributed by atoms with Crippen molar-refractivity contribution in [1.82, 2.24) is 5.32 Å². The molecule has 150 valence electrons. The number of carboxylic acid groups (broad SMARTS) is 1. The van der Waals surface area contributed by atoms with Crippen LogP contribution in [0.1, 0.15) is 5.56 Å². The highest BCUT2D eigenvalue weighted by Crippen LogP contribution is 2.30. The van der Waals surface area contributed by atoms with Gasteiger partial charge >= 0.3 is 5.97 Å². The number of nitrogens with zero attached hydrogens (tertiary/aromatic N) is 1. The molecule has 0 saturated carbocycles. The number of amides is 1. The summed E-state index contributed by atoms with van der Waals surface area (Å²) in [5.74, 6) is -0.0809. The van der Waals surface area contributed by atoms with Gasteiger partial charge in [-0.15, -0.1) is 0 Å². The summed E-state index contributed by atoms with van der Waals surface area (Å²) in [6, 6.07) is 11.9. The Hall–Kier alpha value is -3.59. The Morgan fingerprint density at radius 3 is 2.48 bits per heavy atom. The molecular weight excluding hydrogens is 396 g/mol. The van der Waals surface area contributed by atoms with E-state index in [0.29, 0.717) is 28.4 Å². The van der Waals surface area contributed by atoms with E-state index in [-0.39, 0.29) is 16.8 Å². The maximum absolute atomic E-state index is 12.8. The number of benzene rings is 2. The van der Waals surface area contributed by atoms with Gasteiger partial charge in [0.15, 0.2) is 23.2 Å². The predicted octanol–water partition coefficient (Wildman–Crippen LogP) is 2.43. The fourth-order valence-electron chi connectivity index (χ4n) is 2.70. The van der Waals surface area contributed by atoms with E-state index in [0.717, 1.165) is 0 Å². The van der Waals surface area contributed by atoms with Crippen molar-refractivity contribution in [1.29, 1.82) is 0 Å². The number of hydrogen-bond acceptors (Lipinski definition) is 6. The fraction of sp³-hybridized carbons (Fsp3) is 0.150. The number of methoxy groups -OCH3 is 2. The van der Waals surface area contributed by atoms with Gasteiger partial charge in [0.2, 0.25) is 0 Å². The zero-order chi connectivity index (χ0) is 21.0. The van der Waals surface area contributed by atoms with Gasteiger partial charge in [-0.1, -0.05) is 6.07 Å². The van der Waals surface area contributed by atoms with E-state index in [1.807, 2.05) is 0 Å². The number of carbonyl (C=O) groups excluding carboxylic acids is 1. The van der Waals surface area contributed by atoms with Crippen LogP contribution in [0.3, 0.4) is 0 Å². The normalized spacial score (nSPS) is 14.7. The third-order valence-electron chi connectivity index (χ3n) is 4.06. The number of carboxylic acids is 1. The minimum Gasteiger partial charge on any atom is -0.497 e. The standard InChI is InChI=1S/C20H18N2O6S/c1-26-14-6-4-13(5-7-14)22-19(25)15(21-20(22)29)9-12-3-8-16(17(10-12)27-2)28-11-18(23)24/h3-10H,11H2,1-2H3,(H,21,29)(H,23,24)/b15-9+. The van der Waals surface area contributed by atoms with Crippen LogP contribution in [-0.4, -0.2) is 42.9 Å². The van der Waals surface area contributed by atoms with E-state index in [1.165, 1.54) is 12.0 Å². The van der Waals surface area contributed by atoms with Gasteiger partial charge in [0, 0.05) is 0 Å². The molecule has 8 nitrogen and oxygen atoms in total. The van der Waals surface area contributed by atoms with Crippen LogP contribution in [0.2, 0.25) is 0 Å². The molecule has 3 rings (SSSR count). The lowest BCUT2D eigenvalue weighted by Gasteiger charge is -2.14. The Bertz CT molecular complexity index is 987. The molecule has 0 bridgehead atoms. The van der Waals surface area contributed by atoms with Crippen molar-refractivity contribution in [2.24, 2.45) is 0 Å². The summed E-state index contributed by atoms with van der Waals surface area (Å²) in [7, 11) is 3.01. The highest BCUT2D eigenvalue weighted by atomic mass is 32.1. The Labute approximate surface area is 172 Å². The average Bonchev–Trinajstić information content (AvgIpc) is 2.99. The van der Waals surface area contributed by atoms with Crippen molar-refractivity contribution in [3.8, 4) is 17.2 Å². The van der Waals surface area contributed by atoms with Crippen LogP contribution in [0.4, 0.5) is 5.69 Å². The van der Waals surface area contributed by atoms with Crippen molar-refractivity contribution < 1.29 is 28.9 Å². The zero-order valence-electron chi connectivity index (χ0n) is 15.7. The topological polar surface area (TPSA) is 97.3 Å². The monoisotopic (exact) mass is 414 g/mol. The molecule has 1 aliphatic rings. The van der Waals surface area contributed by atoms with Crippen LogP contribution in [0, 0.1) is 0 Å². The summed E-state index contributed by atoms with van der Waals surface area (Å²) < 4.78 is 15.6.